The van der Waals surface area contributed by atoms with E-state index < -0.39 is 6.36 Å². The van der Waals surface area contributed by atoms with Crippen LogP contribution in [0.25, 0.3) is 0 Å². The van der Waals surface area contributed by atoms with Crippen LogP contribution in [0.3, 0.4) is 0 Å². The Bertz CT molecular complexity index is 737. The monoisotopic (exact) mass is 319 g/mol. The van der Waals surface area contributed by atoms with Crippen molar-refractivity contribution < 1.29 is 22.7 Å². The van der Waals surface area contributed by atoms with Crippen molar-refractivity contribution in [3.05, 3.63) is 65.2 Å². The smallest absolute Gasteiger partial charge is 0.405 e. The molecule has 0 bridgehead atoms. The normalized spacial score (nSPS) is 11.2. The van der Waals surface area contributed by atoms with E-state index in [1.807, 2.05) is 6.07 Å². The highest BCUT2D eigenvalue weighted by Gasteiger charge is 2.32. The second-order valence-electron chi connectivity index (χ2n) is 4.32. The topological polar surface area (TPSA) is 54.6 Å². The third-order valence-corrected chi connectivity index (χ3v) is 2.65. The molecule has 1 radical (unpaired) electrons. The third-order valence-electron chi connectivity index (χ3n) is 2.65. The van der Waals surface area contributed by atoms with Crippen LogP contribution in [0.5, 0.6) is 5.75 Å². The van der Waals surface area contributed by atoms with Gasteiger partial charge < -0.3 is 9.57 Å². The Balaban J connectivity index is 1.99. The van der Waals surface area contributed by atoms with Crippen LogP contribution in [0, 0.1) is 11.3 Å². The lowest BCUT2D eigenvalue weighted by atomic mass is 10.1. The summed E-state index contributed by atoms with van der Waals surface area (Å²) >= 11 is 0. The molecule has 0 saturated carbocycles. The number of ether oxygens (including phenoxy) is 1. The highest BCUT2D eigenvalue weighted by atomic mass is 19.4. The van der Waals surface area contributed by atoms with Gasteiger partial charge in [0.15, 0.2) is 0 Å². The Labute approximate surface area is 130 Å². The van der Waals surface area contributed by atoms with E-state index >= 15 is 0 Å². The van der Waals surface area contributed by atoms with Gasteiger partial charge in [-0.3, -0.25) is 0 Å². The number of nitrogens with zero attached hydrogens (tertiary/aromatic N) is 2. The van der Waals surface area contributed by atoms with Crippen LogP contribution in [0.1, 0.15) is 16.7 Å². The Morgan fingerprint density at radius 3 is 2.52 bits per heavy atom. The Kier molecular flexibility index (Phi) is 5.20. The molecular formula is C16H10F3N2O2. The molecule has 0 unspecified atom stereocenters. The van der Waals surface area contributed by atoms with Gasteiger partial charge in [0.05, 0.1) is 11.6 Å². The van der Waals surface area contributed by atoms with Crippen LogP contribution in [-0.2, 0) is 11.4 Å². The predicted octanol–water partition coefficient (Wildman–Crippen LogP) is 3.88. The molecule has 117 valence electrons. The summed E-state index contributed by atoms with van der Waals surface area (Å²) in [6.45, 7) is -0.211. The number of nitriles is 1. The van der Waals surface area contributed by atoms with Crippen molar-refractivity contribution in [3.8, 4) is 11.8 Å². The number of halogens is 3. The Morgan fingerprint density at radius 1 is 1.04 bits per heavy atom. The molecule has 0 amide bonds. The summed E-state index contributed by atoms with van der Waals surface area (Å²) in [5, 5.41) is 12.3. The van der Waals surface area contributed by atoms with Crippen LogP contribution in [0.15, 0.2) is 53.7 Å². The average molecular weight is 319 g/mol. The number of hydrogen-bond acceptors (Lipinski definition) is 4. The quantitative estimate of drug-likeness (QED) is 0.621. The lowest BCUT2D eigenvalue weighted by Gasteiger charge is -2.12. The highest BCUT2D eigenvalue weighted by Crippen LogP contribution is 2.26. The van der Waals surface area contributed by atoms with E-state index in [1.165, 1.54) is 18.2 Å². The van der Waals surface area contributed by atoms with E-state index in [2.05, 4.69) is 16.1 Å². The summed E-state index contributed by atoms with van der Waals surface area (Å²) in [6, 6.07) is 14.1. The maximum Gasteiger partial charge on any atom is 0.573 e. The molecule has 4 nitrogen and oxygen atoms in total. The summed E-state index contributed by atoms with van der Waals surface area (Å²) in [7, 11) is 0. The van der Waals surface area contributed by atoms with E-state index in [4.69, 9.17) is 10.1 Å². The first kappa shape index (κ1) is 16.4. The summed E-state index contributed by atoms with van der Waals surface area (Å²) in [5.74, 6) is -0.346. The minimum absolute atomic E-state index is 0.196. The van der Waals surface area contributed by atoms with Gasteiger partial charge in [0.25, 0.3) is 0 Å². The molecule has 2 aromatic rings. The molecule has 0 aliphatic carbocycles. The van der Waals surface area contributed by atoms with Gasteiger partial charge in [-0.2, -0.15) is 5.26 Å². The SMILES string of the molecule is N#Cc1cccc(/[C]=N\OCc2ccccc2OC(F)(F)F)c1. The van der Waals surface area contributed by atoms with Gasteiger partial charge in [0.2, 0.25) is 0 Å². The van der Waals surface area contributed by atoms with Gasteiger partial charge in [0.1, 0.15) is 18.6 Å². The molecule has 2 rings (SSSR count). The van der Waals surface area contributed by atoms with E-state index in [9.17, 15) is 13.2 Å². The maximum atomic E-state index is 12.3. The van der Waals surface area contributed by atoms with Crippen molar-refractivity contribution in [2.75, 3.05) is 0 Å². The molecule has 23 heavy (non-hydrogen) atoms. The van der Waals surface area contributed by atoms with Crippen molar-refractivity contribution in [3.63, 3.8) is 0 Å². The van der Waals surface area contributed by atoms with Gasteiger partial charge >= 0.3 is 6.36 Å². The predicted molar refractivity (Wildman–Crippen MR) is 75.6 cm³/mol. The molecule has 0 atom stereocenters. The lowest BCUT2D eigenvalue weighted by molar-refractivity contribution is -0.275. The standard InChI is InChI=1S/C16H10F3N2O2/c17-16(18,19)23-15-7-2-1-6-14(15)11-22-21-10-13-5-3-4-12(8-13)9-20/h1-8H,11H2. The fourth-order valence-corrected chi connectivity index (χ4v) is 1.69. The molecule has 0 N–H and O–H groups in total. The van der Waals surface area contributed by atoms with Crippen LogP contribution >= 0.6 is 0 Å². The van der Waals surface area contributed by atoms with Crippen LogP contribution in [0.4, 0.5) is 13.2 Å². The van der Waals surface area contributed by atoms with Crippen LogP contribution < -0.4 is 4.74 Å². The molecule has 0 saturated heterocycles. The first-order chi connectivity index (χ1) is 11.0. The van der Waals surface area contributed by atoms with Gasteiger partial charge in [-0.1, -0.05) is 35.5 Å². The van der Waals surface area contributed by atoms with Crippen molar-refractivity contribution >= 4 is 6.21 Å². The van der Waals surface area contributed by atoms with E-state index in [-0.39, 0.29) is 17.9 Å². The Morgan fingerprint density at radius 2 is 1.78 bits per heavy atom. The van der Waals surface area contributed by atoms with Gasteiger partial charge in [-0.15, -0.1) is 13.2 Å². The molecule has 0 heterocycles. The van der Waals surface area contributed by atoms with Crippen molar-refractivity contribution in [2.24, 2.45) is 5.16 Å². The fraction of sp³-hybridized carbons (Fsp3) is 0.125. The van der Waals surface area contributed by atoms with Crippen molar-refractivity contribution in [1.82, 2.24) is 0 Å². The largest absolute Gasteiger partial charge is 0.573 e. The van der Waals surface area contributed by atoms with E-state index in [1.54, 1.807) is 30.3 Å². The van der Waals surface area contributed by atoms with E-state index in [0.29, 0.717) is 11.1 Å². The molecule has 0 fully saturated rings. The zero-order valence-corrected chi connectivity index (χ0v) is 11.7. The maximum absolute atomic E-state index is 12.3. The van der Waals surface area contributed by atoms with Gasteiger partial charge in [-0.05, 0) is 18.2 Å². The molecule has 2 aromatic carbocycles. The molecule has 0 aromatic heterocycles. The molecule has 0 aliphatic rings. The zero-order valence-electron chi connectivity index (χ0n) is 11.7. The number of para-hydroxylation sites is 1. The average Bonchev–Trinajstić information content (AvgIpc) is 2.52. The summed E-state index contributed by atoms with van der Waals surface area (Å²) in [6.07, 6.45) is -2.23. The molecule has 7 heteroatoms. The number of rotatable bonds is 5. The summed E-state index contributed by atoms with van der Waals surface area (Å²) in [4.78, 5) is 4.94. The zero-order chi connectivity index (χ0) is 16.7. The fourth-order valence-electron chi connectivity index (χ4n) is 1.69. The Hall–Kier alpha value is -3.01. The lowest BCUT2D eigenvalue weighted by Crippen LogP contribution is -2.18. The highest BCUT2D eigenvalue weighted by molar-refractivity contribution is 5.79. The molecule has 0 spiro atoms. The summed E-state index contributed by atoms with van der Waals surface area (Å²) in [5.41, 5.74) is 1.15. The van der Waals surface area contributed by atoms with Crippen LogP contribution in [0.2, 0.25) is 0 Å². The first-order valence-electron chi connectivity index (χ1n) is 6.40. The van der Waals surface area contributed by atoms with Crippen molar-refractivity contribution in [1.29, 1.82) is 5.26 Å². The van der Waals surface area contributed by atoms with Gasteiger partial charge in [-0.25, -0.2) is 0 Å². The minimum Gasteiger partial charge on any atom is -0.405 e. The first-order valence-corrected chi connectivity index (χ1v) is 6.40. The van der Waals surface area contributed by atoms with Crippen LogP contribution in [-0.4, -0.2) is 12.6 Å². The minimum atomic E-state index is -4.77. The number of benzene rings is 2. The van der Waals surface area contributed by atoms with Crippen molar-refractivity contribution in [2.45, 2.75) is 13.0 Å². The third kappa shape index (κ3) is 5.36. The number of hydrogen-bond donors (Lipinski definition) is 0. The summed E-state index contributed by atoms with van der Waals surface area (Å²) < 4.78 is 40.7. The second-order valence-corrected chi connectivity index (χ2v) is 4.32. The molecule has 0 aliphatic heterocycles. The number of alkyl halides is 3. The van der Waals surface area contributed by atoms with Gasteiger partial charge in [0, 0.05) is 11.1 Å². The second kappa shape index (κ2) is 7.31. The van der Waals surface area contributed by atoms with E-state index in [0.717, 1.165) is 0 Å². The molecular weight excluding hydrogens is 309 g/mol.